The molecule has 0 radical (unpaired) electrons. The van der Waals surface area contributed by atoms with E-state index in [1.54, 1.807) is 25.4 Å². The van der Waals surface area contributed by atoms with Crippen molar-refractivity contribution in [2.24, 2.45) is 0 Å². The molecule has 4 aromatic rings. The highest BCUT2D eigenvalue weighted by Crippen LogP contribution is 2.33. The van der Waals surface area contributed by atoms with Crippen LogP contribution in [0.5, 0.6) is 0 Å². The lowest BCUT2D eigenvalue weighted by molar-refractivity contribution is -0.135. The molecule has 0 bridgehead atoms. The Hall–Kier alpha value is -3.78. The Morgan fingerprint density at radius 2 is 2.17 bits per heavy atom. The number of aliphatic hydroxyl groups excluding tert-OH is 1. The summed E-state index contributed by atoms with van der Waals surface area (Å²) in [5.41, 5.74) is 6.69. The van der Waals surface area contributed by atoms with Gasteiger partial charge in [-0.1, -0.05) is 11.6 Å². The third kappa shape index (κ3) is 4.81. The van der Waals surface area contributed by atoms with Crippen molar-refractivity contribution in [2.45, 2.75) is 31.4 Å². The van der Waals surface area contributed by atoms with Crippen LogP contribution in [0, 0.1) is 5.82 Å². The van der Waals surface area contributed by atoms with Crippen LogP contribution in [0.4, 0.5) is 10.2 Å². The van der Waals surface area contributed by atoms with Crippen molar-refractivity contribution in [3.05, 3.63) is 59.7 Å². The van der Waals surface area contributed by atoms with E-state index in [2.05, 4.69) is 41.1 Å². The first kappa shape index (κ1) is 23.9. The average molecular weight is 514 g/mol. The number of amides is 1. The zero-order chi connectivity index (χ0) is 25.2. The normalized spacial score (nSPS) is 19.5. The minimum absolute atomic E-state index is 0.0785. The first-order valence-corrected chi connectivity index (χ1v) is 11.3. The zero-order valence-corrected chi connectivity index (χ0v) is 19.6. The number of fused-ring (bicyclic) bond motifs is 1. The van der Waals surface area contributed by atoms with Gasteiger partial charge in [0, 0.05) is 36.4 Å². The maximum atomic E-state index is 13.9. The number of aromatic nitrogens is 6. The summed E-state index contributed by atoms with van der Waals surface area (Å²) in [4.78, 5) is 33.9. The number of imidazole rings is 1. The Balaban J connectivity index is 1.54. The van der Waals surface area contributed by atoms with Crippen molar-refractivity contribution in [1.82, 2.24) is 40.3 Å². The minimum Gasteiger partial charge on any atom is -0.388 e. The molecule has 3 atom stereocenters. The highest BCUT2D eigenvalue weighted by atomic mass is 35.5. The molecule has 0 spiro atoms. The number of carbonyl (C=O) groups excluding carboxylic acids is 1. The van der Waals surface area contributed by atoms with Gasteiger partial charge in [-0.25, -0.2) is 24.8 Å². The Morgan fingerprint density at radius 1 is 1.31 bits per heavy atom. The van der Waals surface area contributed by atoms with Gasteiger partial charge in [0.2, 0.25) is 0 Å². The molecule has 1 saturated heterocycles. The van der Waals surface area contributed by atoms with Crippen LogP contribution in [-0.4, -0.2) is 59.8 Å². The van der Waals surface area contributed by atoms with E-state index in [0.29, 0.717) is 33.3 Å². The van der Waals surface area contributed by atoms with Gasteiger partial charge < -0.3 is 15.2 Å². The average Bonchev–Trinajstić information content (AvgIpc) is 3.46. The molecule has 0 unspecified atom stereocenters. The Morgan fingerprint density at radius 3 is 2.94 bits per heavy atom. The summed E-state index contributed by atoms with van der Waals surface area (Å²) in [5, 5.41) is 14.4. The van der Waals surface area contributed by atoms with E-state index in [1.165, 1.54) is 23.2 Å². The monoisotopic (exact) mass is 513 g/mol. The van der Waals surface area contributed by atoms with Crippen LogP contribution in [0.15, 0.2) is 43.1 Å². The molecule has 1 aliphatic rings. The highest BCUT2D eigenvalue weighted by molar-refractivity contribution is 6.30. The second-order valence-corrected chi connectivity index (χ2v) is 8.42. The smallest absolute Gasteiger partial charge is 0.263 e. The molecule has 0 aliphatic carbocycles. The molecule has 5 rings (SSSR count). The van der Waals surface area contributed by atoms with Crippen LogP contribution in [0.3, 0.4) is 0 Å². The first-order chi connectivity index (χ1) is 17.4. The van der Waals surface area contributed by atoms with E-state index >= 15 is 0 Å². The van der Waals surface area contributed by atoms with Gasteiger partial charge in [-0.05, 0) is 18.2 Å². The summed E-state index contributed by atoms with van der Waals surface area (Å²) in [5.74, 6) is -0.442. The maximum Gasteiger partial charge on any atom is 0.263 e. The van der Waals surface area contributed by atoms with Crippen LogP contribution in [0.25, 0.3) is 22.6 Å². The molecule has 14 heteroatoms. The highest BCUT2D eigenvalue weighted by Gasteiger charge is 2.40. The quantitative estimate of drug-likeness (QED) is 0.268. The molecule has 4 N–H and O–H groups in total. The zero-order valence-electron chi connectivity index (χ0n) is 18.9. The van der Waals surface area contributed by atoms with Crippen LogP contribution in [-0.2, 0) is 16.1 Å². The van der Waals surface area contributed by atoms with Crippen molar-refractivity contribution < 1.29 is 19.0 Å². The number of pyridine rings is 2. The van der Waals surface area contributed by atoms with Gasteiger partial charge in [-0.2, -0.15) is 0 Å². The fourth-order valence-electron chi connectivity index (χ4n) is 3.88. The lowest BCUT2D eigenvalue weighted by Gasteiger charge is -2.17. The van der Waals surface area contributed by atoms with E-state index in [9.17, 15) is 14.3 Å². The molecule has 1 aliphatic heterocycles. The number of hydrogen-bond donors (Lipinski definition) is 4. The summed E-state index contributed by atoms with van der Waals surface area (Å²) in [6.45, 7) is 0.273. The maximum absolute atomic E-state index is 13.9. The van der Waals surface area contributed by atoms with Crippen LogP contribution in [0.1, 0.15) is 18.3 Å². The fraction of sp³-hybridized carbons (Fsp3) is 0.273. The van der Waals surface area contributed by atoms with Gasteiger partial charge >= 0.3 is 0 Å². The number of rotatable bonds is 7. The van der Waals surface area contributed by atoms with Gasteiger partial charge in [0.25, 0.3) is 5.91 Å². The van der Waals surface area contributed by atoms with E-state index in [4.69, 9.17) is 16.3 Å². The molecule has 1 fully saturated rings. The Kier molecular flexibility index (Phi) is 6.69. The molecule has 0 saturated carbocycles. The molecule has 186 valence electrons. The summed E-state index contributed by atoms with van der Waals surface area (Å²) >= 11 is 6.06. The van der Waals surface area contributed by atoms with Crippen LogP contribution < -0.4 is 16.2 Å². The molecule has 0 aromatic carbocycles. The molecule has 36 heavy (non-hydrogen) atoms. The van der Waals surface area contributed by atoms with E-state index in [0.717, 1.165) is 6.20 Å². The van der Waals surface area contributed by atoms with Gasteiger partial charge in [0.15, 0.2) is 29.0 Å². The van der Waals surface area contributed by atoms with E-state index < -0.39 is 30.2 Å². The second-order valence-electron chi connectivity index (χ2n) is 7.99. The number of carbonyl (C=O) groups is 1. The van der Waals surface area contributed by atoms with Crippen molar-refractivity contribution in [2.75, 3.05) is 12.4 Å². The standard InChI is InChI=1S/C22H21ClFN9O3/c1-25-32-21(35)16-6-15(34)22(36-16)33-10-29-17-19(28-9-14-5-12(23)2-3-27-14)30-18(31-20(17)33)11-4-13(24)8-26-7-11/h2-5,7-8,10,15-16,22,25,34H,6,9H2,1H3,(H,32,35)(H,28,30,31)/t15-,16+,22-/m1/s1. The third-order valence-electron chi connectivity index (χ3n) is 5.50. The second kappa shape index (κ2) is 10.1. The number of halogens is 2. The number of nitrogens with zero attached hydrogens (tertiary/aromatic N) is 6. The molecule has 5 heterocycles. The summed E-state index contributed by atoms with van der Waals surface area (Å²) in [7, 11) is 1.55. The van der Waals surface area contributed by atoms with Crippen LogP contribution in [0.2, 0.25) is 5.02 Å². The SMILES string of the molecule is CNNC(=O)[C@@H]1C[C@@H](O)[C@H](n2cnc3c(NCc4cc(Cl)ccn4)nc(-c4cncc(F)c4)nc32)O1. The summed E-state index contributed by atoms with van der Waals surface area (Å²) in [6, 6.07) is 4.64. The lowest BCUT2D eigenvalue weighted by atomic mass is 10.2. The Labute approximate surface area is 208 Å². The van der Waals surface area contributed by atoms with Gasteiger partial charge in [-0.15, -0.1) is 0 Å². The number of nitrogens with one attached hydrogen (secondary N) is 3. The van der Waals surface area contributed by atoms with Crippen molar-refractivity contribution in [3.63, 3.8) is 0 Å². The van der Waals surface area contributed by atoms with Crippen molar-refractivity contribution in [1.29, 1.82) is 0 Å². The molecule has 1 amide bonds. The largest absolute Gasteiger partial charge is 0.388 e. The molecular formula is C22H21ClFN9O3. The predicted octanol–water partition coefficient (Wildman–Crippen LogP) is 1.59. The minimum atomic E-state index is -1.00. The van der Waals surface area contributed by atoms with Crippen LogP contribution >= 0.6 is 11.6 Å². The summed E-state index contributed by atoms with van der Waals surface area (Å²) < 4.78 is 21.3. The summed E-state index contributed by atoms with van der Waals surface area (Å²) in [6.07, 6.45) is 2.82. The van der Waals surface area contributed by atoms with Gasteiger partial charge in [0.1, 0.15) is 18.0 Å². The van der Waals surface area contributed by atoms with Crippen molar-refractivity contribution in [3.8, 4) is 11.4 Å². The van der Waals surface area contributed by atoms with E-state index in [-0.39, 0.29) is 18.8 Å². The predicted molar refractivity (Wildman–Crippen MR) is 127 cm³/mol. The third-order valence-corrected chi connectivity index (χ3v) is 5.74. The van der Waals surface area contributed by atoms with E-state index in [1.807, 2.05) is 0 Å². The number of ether oxygens (including phenoxy) is 1. The van der Waals surface area contributed by atoms with Gasteiger partial charge in [-0.3, -0.25) is 24.8 Å². The number of anilines is 1. The van der Waals surface area contributed by atoms with Crippen molar-refractivity contribution >= 4 is 34.5 Å². The Bertz CT molecular complexity index is 1420. The molecular weight excluding hydrogens is 493 g/mol. The number of hydrazine groups is 1. The number of aliphatic hydroxyl groups is 1. The molecule has 12 nitrogen and oxygen atoms in total. The topological polar surface area (TPSA) is 152 Å². The number of hydrogen-bond acceptors (Lipinski definition) is 10. The molecule has 4 aromatic heterocycles. The first-order valence-electron chi connectivity index (χ1n) is 10.9. The van der Waals surface area contributed by atoms with Gasteiger partial charge in [0.05, 0.1) is 24.8 Å². The fourth-order valence-corrected chi connectivity index (χ4v) is 4.07. The lowest BCUT2D eigenvalue weighted by Crippen LogP contribution is -2.41.